The number of ketones is 1. The number of hydrogen-bond donors (Lipinski definition) is 1. The van der Waals surface area contributed by atoms with Gasteiger partial charge in [0.1, 0.15) is 0 Å². The van der Waals surface area contributed by atoms with Crippen LogP contribution in [-0.4, -0.2) is 16.9 Å². The standard InChI is InChI=1S/C11H8O4S/c12-10(13)6-7-3-4-9(16-7)11(14)8-2-1-5-15-8/h1-5H,6H2,(H,12,13). The number of rotatable bonds is 4. The second kappa shape index (κ2) is 4.32. The summed E-state index contributed by atoms with van der Waals surface area (Å²) >= 11 is 1.18. The Morgan fingerprint density at radius 2 is 2.12 bits per heavy atom. The average molecular weight is 236 g/mol. The number of carbonyl (C=O) groups excluding carboxylic acids is 1. The molecule has 0 fully saturated rings. The summed E-state index contributed by atoms with van der Waals surface area (Å²) in [5, 5.41) is 8.60. The van der Waals surface area contributed by atoms with Crippen LogP contribution in [0.15, 0.2) is 34.9 Å². The molecule has 2 rings (SSSR count). The highest BCUT2D eigenvalue weighted by Crippen LogP contribution is 2.20. The summed E-state index contributed by atoms with van der Waals surface area (Å²) in [7, 11) is 0. The monoisotopic (exact) mass is 236 g/mol. The first-order valence-corrected chi connectivity index (χ1v) is 5.37. The topological polar surface area (TPSA) is 67.5 Å². The number of carboxylic acid groups (broad SMARTS) is 1. The summed E-state index contributed by atoms with van der Waals surface area (Å²) in [5.41, 5.74) is 0. The zero-order valence-corrected chi connectivity index (χ0v) is 8.99. The summed E-state index contributed by atoms with van der Waals surface area (Å²) in [6.07, 6.45) is 1.37. The molecule has 2 aromatic heterocycles. The van der Waals surface area contributed by atoms with Gasteiger partial charge in [-0.05, 0) is 24.3 Å². The Morgan fingerprint density at radius 3 is 2.75 bits per heavy atom. The number of hydrogen-bond acceptors (Lipinski definition) is 4. The number of furan rings is 1. The minimum absolute atomic E-state index is 0.0594. The van der Waals surface area contributed by atoms with Crippen molar-refractivity contribution in [2.45, 2.75) is 6.42 Å². The molecular weight excluding hydrogens is 228 g/mol. The van der Waals surface area contributed by atoms with Crippen LogP contribution in [0.3, 0.4) is 0 Å². The van der Waals surface area contributed by atoms with E-state index in [1.807, 2.05) is 0 Å². The Balaban J connectivity index is 2.19. The van der Waals surface area contributed by atoms with Crippen molar-refractivity contribution in [2.75, 3.05) is 0 Å². The highest BCUT2D eigenvalue weighted by molar-refractivity contribution is 7.14. The maximum atomic E-state index is 11.8. The van der Waals surface area contributed by atoms with Crippen molar-refractivity contribution in [1.29, 1.82) is 0 Å². The van der Waals surface area contributed by atoms with E-state index in [0.29, 0.717) is 9.75 Å². The van der Waals surface area contributed by atoms with Crippen LogP contribution < -0.4 is 0 Å². The molecule has 1 N–H and O–H groups in total. The van der Waals surface area contributed by atoms with Gasteiger partial charge in [-0.1, -0.05) is 0 Å². The third kappa shape index (κ3) is 2.20. The van der Waals surface area contributed by atoms with Crippen molar-refractivity contribution in [3.63, 3.8) is 0 Å². The van der Waals surface area contributed by atoms with E-state index in [0.717, 1.165) is 0 Å². The van der Waals surface area contributed by atoms with Crippen molar-refractivity contribution in [2.24, 2.45) is 0 Å². The lowest BCUT2D eigenvalue weighted by Crippen LogP contribution is -1.97. The second-order valence-corrected chi connectivity index (χ2v) is 4.31. The van der Waals surface area contributed by atoms with E-state index in [-0.39, 0.29) is 18.0 Å². The van der Waals surface area contributed by atoms with Crippen LogP contribution in [0, 0.1) is 0 Å². The van der Waals surface area contributed by atoms with Gasteiger partial charge in [-0.15, -0.1) is 11.3 Å². The van der Waals surface area contributed by atoms with Gasteiger partial charge in [0.2, 0.25) is 5.78 Å². The second-order valence-electron chi connectivity index (χ2n) is 3.14. The third-order valence-corrected chi connectivity index (χ3v) is 3.04. The summed E-state index contributed by atoms with van der Waals surface area (Å²) < 4.78 is 4.98. The molecule has 82 valence electrons. The summed E-state index contributed by atoms with van der Waals surface area (Å²) in [4.78, 5) is 23.4. The van der Waals surface area contributed by atoms with E-state index in [9.17, 15) is 9.59 Å². The molecule has 5 heteroatoms. The minimum Gasteiger partial charge on any atom is -0.481 e. The molecule has 2 heterocycles. The van der Waals surface area contributed by atoms with E-state index in [1.54, 1.807) is 24.3 Å². The Hall–Kier alpha value is -1.88. The van der Waals surface area contributed by atoms with Gasteiger partial charge in [0, 0.05) is 4.88 Å². The fourth-order valence-corrected chi connectivity index (χ4v) is 2.22. The predicted octanol–water partition coefficient (Wildman–Crippen LogP) is 2.20. The van der Waals surface area contributed by atoms with Crippen LogP contribution in [0.5, 0.6) is 0 Å². The van der Waals surface area contributed by atoms with E-state index in [2.05, 4.69) is 0 Å². The van der Waals surface area contributed by atoms with Crippen molar-refractivity contribution in [3.05, 3.63) is 46.0 Å². The van der Waals surface area contributed by atoms with Gasteiger partial charge >= 0.3 is 5.97 Å². The molecule has 0 aromatic carbocycles. The van der Waals surface area contributed by atoms with Crippen LogP contribution in [0.1, 0.15) is 20.3 Å². The summed E-state index contributed by atoms with van der Waals surface area (Å²) in [5.74, 6) is -0.853. The van der Waals surface area contributed by atoms with Gasteiger partial charge in [0.15, 0.2) is 5.76 Å². The smallest absolute Gasteiger partial charge is 0.308 e. The molecule has 0 saturated heterocycles. The lowest BCUT2D eigenvalue weighted by Gasteiger charge is -1.91. The fraction of sp³-hybridized carbons (Fsp3) is 0.0909. The van der Waals surface area contributed by atoms with Crippen LogP contribution in [0.25, 0.3) is 0 Å². The van der Waals surface area contributed by atoms with Crippen molar-refractivity contribution in [3.8, 4) is 0 Å². The zero-order chi connectivity index (χ0) is 11.5. The molecule has 0 spiro atoms. The van der Waals surface area contributed by atoms with Gasteiger partial charge < -0.3 is 9.52 Å². The van der Waals surface area contributed by atoms with Gasteiger partial charge in [-0.3, -0.25) is 9.59 Å². The number of carbonyl (C=O) groups is 2. The average Bonchev–Trinajstić information content (AvgIpc) is 2.84. The molecule has 0 aliphatic carbocycles. The Labute approximate surface area is 95.1 Å². The molecule has 0 bridgehead atoms. The molecule has 0 unspecified atom stereocenters. The predicted molar refractivity (Wildman–Crippen MR) is 57.8 cm³/mol. The fourth-order valence-electron chi connectivity index (χ4n) is 1.27. The van der Waals surface area contributed by atoms with Crippen LogP contribution in [0.2, 0.25) is 0 Å². The van der Waals surface area contributed by atoms with Gasteiger partial charge in [-0.2, -0.15) is 0 Å². The normalized spacial score (nSPS) is 10.2. The van der Waals surface area contributed by atoms with Crippen molar-refractivity contribution >= 4 is 23.1 Å². The van der Waals surface area contributed by atoms with Crippen molar-refractivity contribution < 1.29 is 19.1 Å². The van der Waals surface area contributed by atoms with Gasteiger partial charge in [-0.25, -0.2) is 0 Å². The Kier molecular flexibility index (Phi) is 2.87. The molecule has 0 amide bonds. The summed E-state index contributed by atoms with van der Waals surface area (Å²) in [6, 6.07) is 6.49. The lowest BCUT2D eigenvalue weighted by molar-refractivity contribution is -0.136. The largest absolute Gasteiger partial charge is 0.481 e. The molecule has 0 aliphatic heterocycles. The molecule has 0 aliphatic rings. The quantitative estimate of drug-likeness (QED) is 0.826. The molecule has 0 radical (unpaired) electrons. The van der Waals surface area contributed by atoms with E-state index in [4.69, 9.17) is 9.52 Å². The highest BCUT2D eigenvalue weighted by atomic mass is 32.1. The maximum Gasteiger partial charge on any atom is 0.308 e. The third-order valence-electron chi connectivity index (χ3n) is 1.96. The number of carboxylic acids is 1. The Bertz CT molecular complexity index is 510. The maximum absolute atomic E-state index is 11.8. The lowest BCUT2D eigenvalue weighted by atomic mass is 10.2. The first-order valence-electron chi connectivity index (χ1n) is 4.55. The molecule has 0 atom stereocenters. The zero-order valence-electron chi connectivity index (χ0n) is 8.17. The molecule has 2 aromatic rings. The summed E-state index contributed by atoms with van der Waals surface area (Å²) in [6.45, 7) is 0. The van der Waals surface area contributed by atoms with E-state index in [1.165, 1.54) is 17.6 Å². The molecule has 0 saturated carbocycles. The minimum atomic E-state index is -0.904. The Morgan fingerprint density at radius 1 is 1.31 bits per heavy atom. The first kappa shape index (κ1) is 10.6. The van der Waals surface area contributed by atoms with Crippen LogP contribution in [0.4, 0.5) is 0 Å². The van der Waals surface area contributed by atoms with Crippen molar-refractivity contribution in [1.82, 2.24) is 0 Å². The van der Waals surface area contributed by atoms with Crippen LogP contribution >= 0.6 is 11.3 Å². The van der Waals surface area contributed by atoms with E-state index < -0.39 is 5.97 Å². The van der Waals surface area contributed by atoms with E-state index >= 15 is 0 Å². The first-order chi connectivity index (χ1) is 7.66. The highest BCUT2D eigenvalue weighted by Gasteiger charge is 2.14. The number of thiophene rings is 1. The van der Waals surface area contributed by atoms with Gasteiger partial charge in [0.05, 0.1) is 17.6 Å². The SMILES string of the molecule is O=C(O)Cc1ccc(C(=O)c2ccco2)s1. The van der Waals surface area contributed by atoms with Gasteiger partial charge in [0.25, 0.3) is 0 Å². The van der Waals surface area contributed by atoms with Crippen LogP contribution in [-0.2, 0) is 11.2 Å². The number of aliphatic carboxylic acids is 1. The molecule has 16 heavy (non-hydrogen) atoms. The molecule has 4 nitrogen and oxygen atoms in total. The molecular formula is C11H8O4S.